The molecule has 26 heavy (non-hydrogen) atoms. The summed E-state index contributed by atoms with van der Waals surface area (Å²) in [6, 6.07) is 15.3. The van der Waals surface area contributed by atoms with Crippen LogP contribution in [-0.4, -0.2) is 18.5 Å². The van der Waals surface area contributed by atoms with Gasteiger partial charge in [-0.3, -0.25) is 0 Å². The third kappa shape index (κ3) is 3.91. The Morgan fingerprint density at radius 2 is 1.88 bits per heavy atom. The summed E-state index contributed by atoms with van der Waals surface area (Å²) in [6.45, 7) is 8.30. The van der Waals surface area contributed by atoms with Crippen LogP contribution in [0.4, 0.5) is 0 Å². The topological polar surface area (TPSA) is 47.9 Å². The van der Waals surface area contributed by atoms with Crippen LogP contribution in [0.2, 0.25) is 0 Å². The minimum absolute atomic E-state index is 0.252. The fraction of sp³-hybridized carbons (Fsp3) is 0.182. The number of para-hydroxylation sites is 1. The lowest BCUT2D eigenvalue weighted by atomic mass is 10.0. The molecular weight excluding hydrogens is 326 g/mol. The van der Waals surface area contributed by atoms with Gasteiger partial charge < -0.3 is 9.47 Å². The number of esters is 1. The molecule has 4 nitrogen and oxygen atoms in total. The van der Waals surface area contributed by atoms with Gasteiger partial charge in [0, 0.05) is 11.1 Å². The van der Waals surface area contributed by atoms with Gasteiger partial charge in [-0.2, -0.15) is 0 Å². The molecule has 0 amide bonds. The number of aliphatic imine (C=N–C) groups is 1. The average molecular weight is 347 g/mol. The molecule has 0 aliphatic carbocycles. The fourth-order valence-electron chi connectivity index (χ4n) is 2.57. The Labute approximate surface area is 153 Å². The van der Waals surface area contributed by atoms with Crippen molar-refractivity contribution in [1.29, 1.82) is 0 Å². The Morgan fingerprint density at radius 3 is 2.58 bits per heavy atom. The molecular formula is C22H21NO3. The van der Waals surface area contributed by atoms with E-state index in [0.717, 1.165) is 11.1 Å². The van der Waals surface area contributed by atoms with Crippen molar-refractivity contribution < 1.29 is 14.3 Å². The van der Waals surface area contributed by atoms with Crippen molar-refractivity contribution in [2.75, 3.05) is 6.61 Å². The number of carbonyl (C=O) groups excluding carboxylic acids is 1. The molecule has 0 bridgehead atoms. The lowest BCUT2D eigenvalue weighted by Gasteiger charge is -2.06. The van der Waals surface area contributed by atoms with Gasteiger partial charge in [-0.1, -0.05) is 56.8 Å². The number of hydrogen-bond acceptors (Lipinski definition) is 4. The van der Waals surface area contributed by atoms with Crippen molar-refractivity contribution in [1.82, 2.24) is 0 Å². The van der Waals surface area contributed by atoms with Crippen molar-refractivity contribution in [2.24, 2.45) is 4.99 Å². The summed E-state index contributed by atoms with van der Waals surface area (Å²) in [7, 11) is 0. The molecule has 0 unspecified atom stereocenters. The van der Waals surface area contributed by atoms with Gasteiger partial charge in [-0.15, -0.1) is 0 Å². The summed E-state index contributed by atoms with van der Waals surface area (Å²) in [4.78, 5) is 16.6. The predicted molar refractivity (Wildman–Crippen MR) is 103 cm³/mol. The number of nitrogens with zero attached hydrogens (tertiary/aromatic N) is 1. The maximum atomic E-state index is 12.2. The third-order valence-corrected chi connectivity index (χ3v) is 4.01. The van der Waals surface area contributed by atoms with Crippen LogP contribution in [0.1, 0.15) is 36.5 Å². The maximum absolute atomic E-state index is 12.2. The summed E-state index contributed by atoms with van der Waals surface area (Å²) < 4.78 is 11.0. The Balaban J connectivity index is 1.88. The van der Waals surface area contributed by atoms with Crippen molar-refractivity contribution in [3.63, 3.8) is 0 Å². The normalized spacial score (nSPS) is 15.1. The SMILES string of the molecule is C=CCOc1ccccc1/C=C1\N=C(c2ccc(C(C)C)cc2)OC1=O. The first-order chi connectivity index (χ1) is 12.6. The second kappa shape index (κ2) is 7.83. The molecule has 0 radical (unpaired) electrons. The summed E-state index contributed by atoms with van der Waals surface area (Å²) in [5.74, 6) is 0.963. The smallest absolute Gasteiger partial charge is 0.363 e. The van der Waals surface area contributed by atoms with Crippen LogP contribution < -0.4 is 4.74 Å². The van der Waals surface area contributed by atoms with E-state index in [0.29, 0.717) is 24.2 Å². The van der Waals surface area contributed by atoms with Crippen LogP contribution in [-0.2, 0) is 9.53 Å². The van der Waals surface area contributed by atoms with E-state index in [1.165, 1.54) is 5.56 Å². The molecule has 4 heteroatoms. The summed E-state index contributed by atoms with van der Waals surface area (Å²) >= 11 is 0. The monoisotopic (exact) mass is 347 g/mol. The molecule has 3 rings (SSSR count). The van der Waals surface area contributed by atoms with Crippen LogP contribution in [0.3, 0.4) is 0 Å². The van der Waals surface area contributed by atoms with E-state index in [-0.39, 0.29) is 5.70 Å². The third-order valence-electron chi connectivity index (χ3n) is 4.01. The molecule has 0 N–H and O–H groups in total. The van der Waals surface area contributed by atoms with Crippen molar-refractivity contribution in [2.45, 2.75) is 19.8 Å². The first-order valence-electron chi connectivity index (χ1n) is 8.54. The summed E-state index contributed by atoms with van der Waals surface area (Å²) in [6.07, 6.45) is 3.35. The van der Waals surface area contributed by atoms with Crippen LogP contribution in [0.15, 0.2) is 71.9 Å². The van der Waals surface area contributed by atoms with E-state index in [4.69, 9.17) is 9.47 Å². The lowest BCUT2D eigenvalue weighted by molar-refractivity contribution is -0.129. The van der Waals surface area contributed by atoms with Gasteiger partial charge in [0.25, 0.3) is 0 Å². The first-order valence-corrected chi connectivity index (χ1v) is 8.54. The van der Waals surface area contributed by atoms with Crippen LogP contribution in [0.25, 0.3) is 6.08 Å². The molecule has 0 saturated heterocycles. The predicted octanol–water partition coefficient (Wildman–Crippen LogP) is 4.72. The summed E-state index contributed by atoms with van der Waals surface area (Å²) in [5, 5.41) is 0. The standard InChI is InChI=1S/C22H21NO3/c1-4-13-25-20-8-6-5-7-18(20)14-19-22(24)26-21(23-19)17-11-9-16(10-12-17)15(2)3/h4-12,14-15H,1,13H2,2-3H3/b19-14-. The van der Waals surface area contributed by atoms with Crippen LogP contribution >= 0.6 is 0 Å². The maximum Gasteiger partial charge on any atom is 0.363 e. The van der Waals surface area contributed by atoms with Gasteiger partial charge in [-0.25, -0.2) is 9.79 Å². The van der Waals surface area contributed by atoms with Crippen molar-refractivity contribution >= 4 is 17.9 Å². The number of cyclic esters (lactones) is 1. The Morgan fingerprint density at radius 1 is 1.15 bits per heavy atom. The quantitative estimate of drug-likeness (QED) is 0.431. The molecule has 0 spiro atoms. The molecule has 2 aromatic rings. The zero-order valence-electron chi connectivity index (χ0n) is 14.9. The van der Waals surface area contributed by atoms with E-state index < -0.39 is 5.97 Å². The molecule has 1 aliphatic heterocycles. The lowest BCUT2D eigenvalue weighted by Crippen LogP contribution is -2.05. The molecule has 0 aromatic heterocycles. The molecule has 132 valence electrons. The molecule has 1 heterocycles. The first kappa shape index (κ1) is 17.7. The van der Waals surface area contributed by atoms with Crippen LogP contribution in [0.5, 0.6) is 5.75 Å². The highest BCUT2D eigenvalue weighted by Crippen LogP contribution is 2.25. The van der Waals surface area contributed by atoms with E-state index in [1.54, 1.807) is 12.2 Å². The fourth-order valence-corrected chi connectivity index (χ4v) is 2.57. The highest BCUT2D eigenvalue weighted by Gasteiger charge is 2.24. The zero-order valence-corrected chi connectivity index (χ0v) is 14.9. The molecule has 1 aliphatic rings. The Kier molecular flexibility index (Phi) is 5.32. The molecule has 0 saturated carbocycles. The number of ether oxygens (including phenoxy) is 2. The average Bonchev–Trinajstić information content (AvgIpc) is 3.01. The Hall–Kier alpha value is -3.14. The van der Waals surface area contributed by atoms with Gasteiger partial charge in [0.2, 0.25) is 5.90 Å². The van der Waals surface area contributed by atoms with Crippen LogP contribution in [0, 0.1) is 0 Å². The molecule has 0 fully saturated rings. The number of rotatable bonds is 6. The minimum atomic E-state index is -0.466. The number of carbonyl (C=O) groups is 1. The summed E-state index contributed by atoms with van der Waals surface area (Å²) in [5.41, 5.74) is 3.02. The number of benzene rings is 2. The van der Waals surface area contributed by atoms with Gasteiger partial charge in [0.15, 0.2) is 5.70 Å². The highest BCUT2D eigenvalue weighted by molar-refractivity contribution is 6.12. The van der Waals surface area contributed by atoms with Gasteiger partial charge >= 0.3 is 5.97 Å². The highest BCUT2D eigenvalue weighted by atomic mass is 16.6. The minimum Gasteiger partial charge on any atom is -0.489 e. The van der Waals surface area contributed by atoms with E-state index in [1.807, 2.05) is 48.5 Å². The number of hydrogen-bond donors (Lipinski definition) is 0. The van der Waals surface area contributed by atoms with Crippen molar-refractivity contribution in [3.05, 3.63) is 83.6 Å². The van der Waals surface area contributed by atoms with Gasteiger partial charge in [0.1, 0.15) is 12.4 Å². The van der Waals surface area contributed by atoms with E-state index >= 15 is 0 Å². The van der Waals surface area contributed by atoms with E-state index in [9.17, 15) is 4.79 Å². The second-order valence-electron chi connectivity index (χ2n) is 6.25. The van der Waals surface area contributed by atoms with Gasteiger partial charge in [-0.05, 0) is 35.8 Å². The molecule has 2 aromatic carbocycles. The second-order valence-corrected chi connectivity index (χ2v) is 6.25. The largest absolute Gasteiger partial charge is 0.489 e. The van der Waals surface area contributed by atoms with Crippen molar-refractivity contribution in [3.8, 4) is 5.75 Å². The Bertz CT molecular complexity index is 877. The zero-order chi connectivity index (χ0) is 18.5. The van der Waals surface area contributed by atoms with Gasteiger partial charge in [0.05, 0.1) is 0 Å². The van der Waals surface area contributed by atoms with E-state index in [2.05, 4.69) is 25.4 Å². The molecule has 0 atom stereocenters.